The highest BCUT2D eigenvalue weighted by molar-refractivity contribution is 5.78. The van der Waals surface area contributed by atoms with Crippen LogP contribution in [-0.4, -0.2) is 12.5 Å². The van der Waals surface area contributed by atoms with Gasteiger partial charge in [-0.2, -0.15) is 5.26 Å². The van der Waals surface area contributed by atoms with Gasteiger partial charge in [-0.25, -0.2) is 0 Å². The third-order valence-electron chi connectivity index (χ3n) is 4.60. The summed E-state index contributed by atoms with van der Waals surface area (Å²) in [7, 11) is 0. The first-order chi connectivity index (χ1) is 12.2. The summed E-state index contributed by atoms with van der Waals surface area (Å²) < 4.78 is 5.47. The van der Waals surface area contributed by atoms with Crippen LogP contribution in [-0.2, 0) is 17.6 Å². The van der Waals surface area contributed by atoms with Crippen molar-refractivity contribution in [1.82, 2.24) is 5.32 Å². The van der Waals surface area contributed by atoms with Gasteiger partial charge in [0.25, 0.3) is 5.91 Å². The van der Waals surface area contributed by atoms with E-state index in [9.17, 15) is 4.79 Å². The predicted molar refractivity (Wildman–Crippen MR) is 96.3 cm³/mol. The SMILES string of the molecule is C[C@H](NC(=O)COc1ccc(C#N)cc1)c1ccc2c(c1)CCCC2. The molecule has 4 nitrogen and oxygen atoms in total. The van der Waals surface area contributed by atoms with Gasteiger partial charge in [0.15, 0.2) is 6.61 Å². The Labute approximate surface area is 148 Å². The van der Waals surface area contributed by atoms with Crippen molar-refractivity contribution in [3.63, 3.8) is 0 Å². The molecule has 2 aromatic rings. The molecule has 1 aliphatic carbocycles. The lowest BCUT2D eigenvalue weighted by molar-refractivity contribution is -0.123. The maximum Gasteiger partial charge on any atom is 0.258 e. The number of nitrogens with zero attached hydrogens (tertiary/aromatic N) is 1. The molecule has 1 amide bonds. The summed E-state index contributed by atoms with van der Waals surface area (Å²) in [5.74, 6) is 0.421. The molecule has 128 valence electrons. The van der Waals surface area contributed by atoms with Crippen LogP contribution in [0.5, 0.6) is 5.75 Å². The standard InChI is InChI=1S/C21H22N2O2/c1-15(18-9-8-17-4-2-3-5-19(17)12-18)23-21(24)14-25-20-10-6-16(13-22)7-11-20/h6-12,15H,2-5,14H2,1H3,(H,23,24)/t15-/m0/s1. The van der Waals surface area contributed by atoms with Crippen molar-refractivity contribution in [2.45, 2.75) is 38.6 Å². The zero-order valence-corrected chi connectivity index (χ0v) is 14.4. The molecule has 0 bridgehead atoms. The van der Waals surface area contributed by atoms with E-state index in [1.54, 1.807) is 24.3 Å². The minimum absolute atomic E-state index is 0.0405. The zero-order chi connectivity index (χ0) is 17.6. The Balaban J connectivity index is 1.54. The van der Waals surface area contributed by atoms with Crippen molar-refractivity contribution in [3.8, 4) is 11.8 Å². The third-order valence-corrected chi connectivity index (χ3v) is 4.60. The first-order valence-electron chi connectivity index (χ1n) is 8.70. The summed E-state index contributed by atoms with van der Waals surface area (Å²) in [6.45, 7) is 1.95. The maximum atomic E-state index is 12.1. The molecule has 0 spiro atoms. The lowest BCUT2D eigenvalue weighted by Gasteiger charge is -2.20. The van der Waals surface area contributed by atoms with E-state index in [0.29, 0.717) is 11.3 Å². The van der Waals surface area contributed by atoms with Gasteiger partial charge >= 0.3 is 0 Å². The first-order valence-corrected chi connectivity index (χ1v) is 8.70. The number of benzene rings is 2. The second kappa shape index (κ2) is 7.85. The Bertz CT molecular complexity index is 791. The Morgan fingerprint density at radius 2 is 1.88 bits per heavy atom. The fourth-order valence-corrected chi connectivity index (χ4v) is 3.16. The lowest BCUT2D eigenvalue weighted by Crippen LogP contribution is -2.31. The summed E-state index contributed by atoms with van der Waals surface area (Å²) in [4.78, 5) is 12.1. The van der Waals surface area contributed by atoms with Crippen molar-refractivity contribution in [2.24, 2.45) is 0 Å². The third kappa shape index (κ3) is 4.39. The van der Waals surface area contributed by atoms with Crippen LogP contribution in [0, 0.1) is 11.3 Å². The fourth-order valence-electron chi connectivity index (χ4n) is 3.16. The van der Waals surface area contributed by atoms with Crippen LogP contribution >= 0.6 is 0 Å². The summed E-state index contributed by atoms with van der Waals surface area (Å²) in [5, 5.41) is 11.8. The normalized spacial score (nSPS) is 14.1. The van der Waals surface area contributed by atoms with E-state index in [2.05, 4.69) is 29.6 Å². The van der Waals surface area contributed by atoms with Crippen LogP contribution in [0.2, 0.25) is 0 Å². The number of carbonyl (C=O) groups excluding carboxylic acids is 1. The number of carbonyl (C=O) groups is 1. The molecule has 0 saturated heterocycles. The van der Waals surface area contributed by atoms with Crippen LogP contribution in [0.4, 0.5) is 0 Å². The molecule has 2 aromatic carbocycles. The number of rotatable bonds is 5. The van der Waals surface area contributed by atoms with E-state index >= 15 is 0 Å². The molecule has 1 N–H and O–H groups in total. The molecule has 25 heavy (non-hydrogen) atoms. The Morgan fingerprint density at radius 1 is 1.16 bits per heavy atom. The molecule has 0 unspecified atom stereocenters. The second-order valence-corrected chi connectivity index (χ2v) is 6.45. The highest BCUT2D eigenvalue weighted by Crippen LogP contribution is 2.24. The molecule has 0 fully saturated rings. The number of hydrogen-bond acceptors (Lipinski definition) is 3. The molecular weight excluding hydrogens is 312 g/mol. The van der Waals surface area contributed by atoms with Gasteiger partial charge in [-0.05, 0) is 73.6 Å². The van der Waals surface area contributed by atoms with E-state index in [-0.39, 0.29) is 18.6 Å². The smallest absolute Gasteiger partial charge is 0.258 e. The molecule has 1 aliphatic rings. The van der Waals surface area contributed by atoms with Gasteiger partial charge < -0.3 is 10.1 Å². The number of nitrogens with one attached hydrogen (secondary N) is 1. The summed E-state index contributed by atoms with van der Waals surface area (Å²) in [5.41, 5.74) is 4.56. The molecule has 0 aliphatic heterocycles. The summed E-state index contributed by atoms with van der Waals surface area (Å²) in [6.07, 6.45) is 4.81. The van der Waals surface area contributed by atoms with Crippen LogP contribution in [0.25, 0.3) is 0 Å². The summed E-state index contributed by atoms with van der Waals surface area (Å²) >= 11 is 0. The van der Waals surface area contributed by atoms with Crippen molar-refractivity contribution < 1.29 is 9.53 Å². The van der Waals surface area contributed by atoms with E-state index in [1.165, 1.54) is 24.0 Å². The largest absolute Gasteiger partial charge is 0.484 e. The molecular formula is C21H22N2O2. The topological polar surface area (TPSA) is 62.1 Å². The van der Waals surface area contributed by atoms with E-state index in [0.717, 1.165) is 18.4 Å². The molecule has 0 radical (unpaired) electrons. The van der Waals surface area contributed by atoms with E-state index < -0.39 is 0 Å². The van der Waals surface area contributed by atoms with E-state index in [4.69, 9.17) is 10.00 Å². The number of ether oxygens (including phenoxy) is 1. The van der Waals surface area contributed by atoms with Crippen molar-refractivity contribution in [2.75, 3.05) is 6.61 Å². The molecule has 1 atom stereocenters. The maximum absolute atomic E-state index is 12.1. The van der Waals surface area contributed by atoms with Crippen molar-refractivity contribution >= 4 is 5.91 Å². The average molecular weight is 334 g/mol. The zero-order valence-electron chi connectivity index (χ0n) is 14.4. The number of amides is 1. The van der Waals surface area contributed by atoms with Crippen molar-refractivity contribution in [3.05, 3.63) is 64.7 Å². The second-order valence-electron chi connectivity index (χ2n) is 6.45. The van der Waals surface area contributed by atoms with Gasteiger partial charge in [-0.1, -0.05) is 18.2 Å². The minimum atomic E-state index is -0.158. The average Bonchev–Trinajstić information content (AvgIpc) is 2.66. The molecule has 0 aromatic heterocycles. The van der Waals surface area contributed by atoms with E-state index in [1.807, 2.05) is 6.92 Å². The van der Waals surface area contributed by atoms with Crippen LogP contribution in [0.3, 0.4) is 0 Å². The number of aryl methyl sites for hydroxylation is 2. The Morgan fingerprint density at radius 3 is 2.60 bits per heavy atom. The van der Waals surface area contributed by atoms with Gasteiger partial charge in [0.2, 0.25) is 0 Å². The van der Waals surface area contributed by atoms with Gasteiger partial charge in [-0.3, -0.25) is 4.79 Å². The number of hydrogen-bond donors (Lipinski definition) is 1. The number of nitriles is 1. The minimum Gasteiger partial charge on any atom is -0.484 e. The first kappa shape index (κ1) is 17.0. The van der Waals surface area contributed by atoms with Crippen LogP contribution < -0.4 is 10.1 Å². The molecule has 3 rings (SSSR count). The highest BCUT2D eigenvalue weighted by atomic mass is 16.5. The van der Waals surface area contributed by atoms with Gasteiger partial charge in [0, 0.05) is 0 Å². The fraction of sp³-hybridized carbons (Fsp3) is 0.333. The highest BCUT2D eigenvalue weighted by Gasteiger charge is 2.14. The lowest BCUT2D eigenvalue weighted by atomic mass is 9.89. The van der Waals surface area contributed by atoms with Gasteiger partial charge in [0.05, 0.1) is 17.7 Å². The Hall–Kier alpha value is -2.80. The van der Waals surface area contributed by atoms with Crippen LogP contribution in [0.15, 0.2) is 42.5 Å². The molecule has 0 saturated carbocycles. The monoisotopic (exact) mass is 334 g/mol. The molecule has 4 heteroatoms. The Kier molecular flexibility index (Phi) is 5.35. The van der Waals surface area contributed by atoms with Gasteiger partial charge in [-0.15, -0.1) is 0 Å². The quantitative estimate of drug-likeness (QED) is 0.907. The number of fused-ring (bicyclic) bond motifs is 1. The van der Waals surface area contributed by atoms with Gasteiger partial charge in [0.1, 0.15) is 5.75 Å². The van der Waals surface area contributed by atoms with Crippen LogP contribution in [0.1, 0.15) is 48.1 Å². The molecule has 0 heterocycles. The van der Waals surface area contributed by atoms with Crippen molar-refractivity contribution in [1.29, 1.82) is 5.26 Å². The summed E-state index contributed by atoms with van der Waals surface area (Å²) in [6, 6.07) is 15.2. The predicted octanol–water partition coefficient (Wildman–Crippen LogP) is 3.69.